The van der Waals surface area contributed by atoms with Gasteiger partial charge in [-0.2, -0.15) is 4.99 Å². The van der Waals surface area contributed by atoms with Crippen molar-refractivity contribution < 1.29 is 22.7 Å². The first-order valence-electron chi connectivity index (χ1n) is 4.35. The van der Waals surface area contributed by atoms with Gasteiger partial charge in [-0.05, 0) is 24.6 Å². The first-order valence-corrected chi connectivity index (χ1v) is 4.35. The minimum Gasteiger partial charge on any atom is -0.406 e. The van der Waals surface area contributed by atoms with Gasteiger partial charge in [0, 0.05) is 0 Å². The lowest BCUT2D eigenvalue weighted by molar-refractivity contribution is -0.274. The molecule has 0 fully saturated rings. The molecule has 0 saturated heterocycles. The number of hydrogen-bond acceptors (Lipinski definition) is 3. The van der Waals surface area contributed by atoms with E-state index in [0.717, 1.165) is 0 Å². The van der Waals surface area contributed by atoms with Crippen LogP contribution in [-0.2, 0) is 4.79 Å². The highest BCUT2D eigenvalue weighted by molar-refractivity contribution is 5.37. The third kappa shape index (κ3) is 3.74. The summed E-state index contributed by atoms with van der Waals surface area (Å²) < 4.78 is 39.5. The highest BCUT2D eigenvalue weighted by atomic mass is 19.4. The largest absolute Gasteiger partial charge is 0.573 e. The number of carbonyl (C=O) groups excluding carboxylic acids is 1. The van der Waals surface area contributed by atoms with Gasteiger partial charge in [0.2, 0.25) is 6.08 Å². The maximum atomic E-state index is 11.9. The number of ether oxygens (including phenoxy) is 1. The van der Waals surface area contributed by atoms with E-state index in [2.05, 4.69) is 9.73 Å². The molecule has 86 valence electrons. The molecular formula is C10H8F3NO2. The van der Waals surface area contributed by atoms with E-state index in [1.54, 1.807) is 13.0 Å². The maximum Gasteiger partial charge on any atom is 0.573 e. The Morgan fingerprint density at radius 2 is 2.12 bits per heavy atom. The number of alkyl halides is 3. The molecular weight excluding hydrogens is 223 g/mol. The Morgan fingerprint density at radius 3 is 2.69 bits per heavy atom. The lowest BCUT2D eigenvalue weighted by Crippen LogP contribution is -2.17. The average molecular weight is 231 g/mol. The second kappa shape index (κ2) is 4.81. The summed E-state index contributed by atoms with van der Waals surface area (Å²) in [5.74, 6) is -0.335. The van der Waals surface area contributed by atoms with Crippen molar-refractivity contribution in [2.45, 2.75) is 19.3 Å². The molecule has 16 heavy (non-hydrogen) atoms. The number of nitrogens with zero attached hydrogens (tertiary/aromatic N) is 1. The van der Waals surface area contributed by atoms with Crippen LogP contribution < -0.4 is 4.74 Å². The summed E-state index contributed by atoms with van der Waals surface area (Å²) in [7, 11) is 0. The summed E-state index contributed by atoms with van der Waals surface area (Å²) in [6.07, 6.45) is -3.38. The van der Waals surface area contributed by atoms with Crippen molar-refractivity contribution in [1.29, 1.82) is 0 Å². The molecule has 0 aromatic heterocycles. The minimum absolute atomic E-state index is 0.335. The fourth-order valence-corrected chi connectivity index (χ4v) is 1.13. The molecule has 0 aliphatic heterocycles. The molecule has 3 nitrogen and oxygen atoms in total. The third-order valence-electron chi connectivity index (χ3n) is 1.82. The van der Waals surface area contributed by atoms with Crippen molar-refractivity contribution >= 4 is 6.08 Å². The molecule has 0 spiro atoms. The quantitative estimate of drug-likeness (QED) is 0.592. The number of aliphatic imine (C=N–C) groups is 1. The van der Waals surface area contributed by atoms with Crippen LogP contribution >= 0.6 is 0 Å². The molecule has 0 aliphatic rings. The van der Waals surface area contributed by atoms with E-state index in [9.17, 15) is 18.0 Å². The van der Waals surface area contributed by atoms with Crippen LogP contribution in [0.25, 0.3) is 0 Å². The van der Waals surface area contributed by atoms with Crippen LogP contribution in [0.1, 0.15) is 18.5 Å². The first kappa shape index (κ1) is 12.3. The highest BCUT2D eigenvalue weighted by Gasteiger charge is 2.31. The second-order valence-electron chi connectivity index (χ2n) is 3.02. The van der Waals surface area contributed by atoms with Crippen LogP contribution in [0.4, 0.5) is 13.2 Å². The van der Waals surface area contributed by atoms with E-state index in [1.807, 2.05) is 0 Å². The van der Waals surface area contributed by atoms with Crippen LogP contribution in [0, 0.1) is 0 Å². The predicted octanol–water partition coefficient (Wildman–Crippen LogP) is 2.98. The van der Waals surface area contributed by atoms with Gasteiger partial charge >= 0.3 is 6.36 Å². The summed E-state index contributed by atoms with van der Waals surface area (Å²) in [6.45, 7) is 1.57. The fraction of sp³-hybridized carbons (Fsp3) is 0.300. The van der Waals surface area contributed by atoms with Crippen molar-refractivity contribution in [2.75, 3.05) is 0 Å². The standard InChI is InChI=1S/C10H8F3NO2/c1-7(14-6-15)8-3-2-4-9(5-8)16-10(11,12)13/h2-5,7H,1H3. The summed E-state index contributed by atoms with van der Waals surface area (Å²) in [5, 5.41) is 0. The Morgan fingerprint density at radius 1 is 1.44 bits per heavy atom. The third-order valence-corrected chi connectivity index (χ3v) is 1.82. The van der Waals surface area contributed by atoms with Gasteiger partial charge in [0.05, 0.1) is 6.04 Å². The molecule has 0 amide bonds. The van der Waals surface area contributed by atoms with E-state index in [0.29, 0.717) is 5.56 Å². The van der Waals surface area contributed by atoms with Crippen molar-refractivity contribution in [2.24, 2.45) is 4.99 Å². The van der Waals surface area contributed by atoms with Crippen LogP contribution in [0.2, 0.25) is 0 Å². The minimum atomic E-state index is -4.73. The zero-order valence-electron chi connectivity index (χ0n) is 8.28. The van der Waals surface area contributed by atoms with Crippen molar-refractivity contribution in [3.63, 3.8) is 0 Å². The number of hydrogen-bond donors (Lipinski definition) is 0. The Bertz CT molecular complexity index is 411. The molecule has 0 saturated carbocycles. The maximum absolute atomic E-state index is 11.9. The van der Waals surface area contributed by atoms with Gasteiger partial charge in [0.25, 0.3) is 0 Å². The van der Waals surface area contributed by atoms with E-state index in [4.69, 9.17) is 0 Å². The normalized spacial score (nSPS) is 12.8. The monoisotopic (exact) mass is 231 g/mol. The van der Waals surface area contributed by atoms with Gasteiger partial charge in [-0.25, -0.2) is 4.79 Å². The molecule has 6 heteroatoms. The van der Waals surface area contributed by atoms with E-state index < -0.39 is 12.4 Å². The smallest absolute Gasteiger partial charge is 0.406 e. The molecule has 0 radical (unpaired) electrons. The zero-order valence-corrected chi connectivity index (χ0v) is 8.28. The van der Waals surface area contributed by atoms with Crippen LogP contribution in [-0.4, -0.2) is 12.4 Å². The molecule has 1 rings (SSSR count). The second-order valence-corrected chi connectivity index (χ2v) is 3.02. The van der Waals surface area contributed by atoms with E-state index >= 15 is 0 Å². The number of rotatable bonds is 3. The van der Waals surface area contributed by atoms with Gasteiger partial charge in [-0.1, -0.05) is 12.1 Å². The Balaban J connectivity index is 2.91. The van der Waals surface area contributed by atoms with E-state index in [1.165, 1.54) is 24.3 Å². The van der Waals surface area contributed by atoms with Gasteiger partial charge in [0.15, 0.2) is 0 Å². The molecule has 1 atom stereocenters. The van der Waals surface area contributed by atoms with Gasteiger partial charge in [-0.3, -0.25) is 0 Å². The molecule has 1 aromatic rings. The van der Waals surface area contributed by atoms with Crippen LogP contribution in [0.3, 0.4) is 0 Å². The highest BCUT2D eigenvalue weighted by Crippen LogP contribution is 2.26. The number of benzene rings is 1. The molecule has 0 heterocycles. The van der Waals surface area contributed by atoms with Crippen molar-refractivity contribution in [1.82, 2.24) is 0 Å². The lowest BCUT2D eigenvalue weighted by Gasteiger charge is -2.10. The molecule has 1 unspecified atom stereocenters. The number of isocyanates is 1. The van der Waals surface area contributed by atoms with Crippen LogP contribution in [0.15, 0.2) is 29.3 Å². The van der Waals surface area contributed by atoms with E-state index in [-0.39, 0.29) is 5.75 Å². The Labute approximate surface area is 89.6 Å². The predicted molar refractivity (Wildman–Crippen MR) is 49.7 cm³/mol. The van der Waals surface area contributed by atoms with Gasteiger partial charge < -0.3 is 4.74 Å². The molecule has 1 aromatic carbocycles. The van der Waals surface area contributed by atoms with Crippen molar-refractivity contribution in [3.8, 4) is 5.75 Å². The van der Waals surface area contributed by atoms with Crippen LogP contribution in [0.5, 0.6) is 5.75 Å². The number of halogens is 3. The summed E-state index contributed by atoms with van der Waals surface area (Å²) in [4.78, 5) is 13.4. The fourth-order valence-electron chi connectivity index (χ4n) is 1.13. The average Bonchev–Trinajstić information content (AvgIpc) is 2.16. The molecule has 0 N–H and O–H groups in total. The Kier molecular flexibility index (Phi) is 3.68. The molecule has 0 bridgehead atoms. The molecule has 0 aliphatic carbocycles. The van der Waals surface area contributed by atoms with Gasteiger partial charge in [0.1, 0.15) is 5.75 Å². The topological polar surface area (TPSA) is 38.7 Å². The Hall–Kier alpha value is -1.81. The van der Waals surface area contributed by atoms with Crippen molar-refractivity contribution in [3.05, 3.63) is 29.8 Å². The first-order chi connectivity index (χ1) is 7.42. The SMILES string of the molecule is CC(N=C=O)c1cccc(OC(F)(F)F)c1. The van der Waals surface area contributed by atoms with Gasteiger partial charge in [-0.15, -0.1) is 13.2 Å². The summed E-state index contributed by atoms with van der Waals surface area (Å²) >= 11 is 0. The summed E-state index contributed by atoms with van der Waals surface area (Å²) in [5.41, 5.74) is 0.449. The lowest BCUT2D eigenvalue weighted by atomic mass is 10.1. The zero-order chi connectivity index (χ0) is 12.2. The summed E-state index contributed by atoms with van der Waals surface area (Å²) in [6, 6.07) is 4.75.